The second kappa shape index (κ2) is 4.74. The van der Waals surface area contributed by atoms with E-state index in [-0.39, 0.29) is 5.91 Å². The lowest BCUT2D eigenvalue weighted by atomic mass is 10.4. The number of thiophene rings is 1. The fourth-order valence-electron chi connectivity index (χ4n) is 1.05. The molecule has 1 aliphatic rings. The van der Waals surface area contributed by atoms with E-state index in [0.717, 1.165) is 4.88 Å². The lowest BCUT2D eigenvalue weighted by Gasteiger charge is -1.86. The van der Waals surface area contributed by atoms with Crippen LogP contribution in [0.4, 0.5) is 0 Å². The van der Waals surface area contributed by atoms with E-state index in [0.29, 0.717) is 9.23 Å². The van der Waals surface area contributed by atoms with Gasteiger partial charge in [-0.2, -0.15) is 0 Å². The average molecular weight is 253 g/mol. The van der Waals surface area contributed by atoms with Crippen molar-refractivity contribution in [1.29, 1.82) is 0 Å². The van der Waals surface area contributed by atoms with Gasteiger partial charge in [0.1, 0.15) is 4.32 Å². The standard InChI is InChI=1S/C10H7NOS3/c12-9-8(15-10(13)11-9)5-1-3-7-4-2-6-14-7/h1-6H,(H,11,12,13)/b3-1+,8-5+. The van der Waals surface area contributed by atoms with E-state index in [9.17, 15) is 4.79 Å². The summed E-state index contributed by atoms with van der Waals surface area (Å²) in [5.41, 5.74) is 0. The van der Waals surface area contributed by atoms with Crippen LogP contribution in [0.2, 0.25) is 0 Å². The molecule has 0 aromatic carbocycles. The van der Waals surface area contributed by atoms with Gasteiger partial charge in [-0.25, -0.2) is 0 Å². The molecule has 1 amide bonds. The minimum atomic E-state index is -0.110. The van der Waals surface area contributed by atoms with Crippen molar-refractivity contribution in [3.8, 4) is 0 Å². The van der Waals surface area contributed by atoms with Gasteiger partial charge in [-0.05, 0) is 23.6 Å². The van der Waals surface area contributed by atoms with Crippen molar-refractivity contribution in [2.75, 3.05) is 0 Å². The Balaban J connectivity index is 2.06. The maximum atomic E-state index is 11.3. The summed E-state index contributed by atoms with van der Waals surface area (Å²) in [7, 11) is 0. The van der Waals surface area contributed by atoms with Gasteiger partial charge in [0.25, 0.3) is 5.91 Å². The molecule has 2 heterocycles. The number of thiocarbonyl (C=S) groups is 1. The van der Waals surface area contributed by atoms with E-state index in [1.165, 1.54) is 11.8 Å². The molecule has 0 saturated carbocycles. The number of allylic oxidation sites excluding steroid dienone is 2. The maximum Gasteiger partial charge on any atom is 0.263 e. The van der Waals surface area contributed by atoms with Crippen molar-refractivity contribution in [2.45, 2.75) is 0 Å². The third-order valence-electron chi connectivity index (χ3n) is 1.69. The summed E-state index contributed by atoms with van der Waals surface area (Å²) >= 11 is 7.82. The highest BCUT2D eigenvalue weighted by Crippen LogP contribution is 2.23. The van der Waals surface area contributed by atoms with Crippen LogP contribution in [0.25, 0.3) is 6.08 Å². The van der Waals surface area contributed by atoms with Crippen molar-refractivity contribution < 1.29 is 4.79 Å². The average Bonchev–Trinajstić information content (AvgIpc) is 2.77. The van der Waals surface area contributed by atoms with Gasteiger partial charge in [-0.1, -0.05) is 36.1 Å². The number of hydrogen-bond donors (Lipinski definition) is 1. The van der Waals surface area contributed by atoms with Crippen LogP contribution in [0.5, 0.6) is 0 Å². The number of amides is 1. The molecule has 76 valence electrons. The summed E-state index contributed by atoms with van der Waals surface area (Å²) in [6.07, 6.45) is 5.60. The lowest BCUT2D eigenvalue weighted by Crippen LogP contribution is -2.17. The first-order valence-electron chi connectivity index (χ1n) is 4.21. The molecule has 0 spiro atoms. The summed E-state index contributed by atoms with van der Waals surface area (Å²) < 4.78 is 0.524. The fraction of sp³-hybridized carbons (Fsp3) is 0. The van der Waals surface area contributed by atoms with Crippen LogP contribution in [0.1, 0.15) is 4.88 Å². The molecule has 15 heavy (non-hydrogen) atoms. The van der Waals surface area contributed by atoms with Crippen molar-refractivity contribution in [3.63, 3.8) is 0 Å². The molecule has 1 N–H and O–H groups in total. The predicted octanol–water partition coefficient (Wildman–Crippen LogP) is 2.79. The largest absolute Gasteiger partial charge is 0.307 e. The monoisotopic (exact) mass is 253 g/mol. The van der Waals surface area contributed by atoms with Gasteiger partial charge in [-0.15, -0.1) is 11.3 Å². The Hall–Kier alpha value is -0.910. The van der Waals surface area contributed by atoms with Crippen LogP contribution in [-0.4, -0.2) is 10.2 Å². The second-order valence-corrected chi connectivity index (χ2v) is 5.45. The molecular formula is C10H7NOS3. The van der Waals surface area contributed by atoms with E-state index in [4.69, 9.17) is 12.2 Å². The van der Waals surface area contributed by atoms with E-state index in [2.05, 4.69) is 5.32 Å². The highest BCUT2D eigenvalue weighted by molar-refractivity contribution is 8.26. The lowest BCUT2D eigenvalue weighted by molar-refractivity contribution is -0.115. The second-order valence-electron chi connectivity index (χ2n) is 2.75. The number of thioether (sulfide) groups is 1. The molecule has 2 rings (SSSR count). The summed E-state index contributed by atoms with van der Waals surface area (Å²) in [5, 5.41) is 4.58. The first-order valence-corrected chi connectivity index (χ1v) is 6.31. The van der Waals surface area contributed by atoms with Crippen LogP contribution < -0.4 is 5.32 Å². The zero-order valence-electron chi connectivity index (χ0n) is 7.60. The molecule has 0 unspecified atom stereocenters. The minimum Gasteiger partial charge on any atom is -0.307 e. The first-order chi connectivity index (χ1) is 7.25. The summed E-state index contributed by atoms with van der Waals surface area (Å²) in [5.74, 6) is -0.110. The van der Waals surface area contributed by atoms with Gasteiger partial charge in [0.2, 0.25) is 0 Å². The number of hydrogen-bond acceptors (Lipinski definition) is 4. The van der Waals surface area contributed by atoms with Gasteiger partial charge >= 0.3 is 0 Å². The molecule has 1 aromatic heterocycles. The summed E-state index contributed by atoms with van der Waals surface area (Å²) in [4.78, 5) is 13.1. The fourth-order valence-corrected chi connectivity index (χ4v) is 2.68. The number of carbonyl (C=O) groups excluding carboxylic acids is 1. The Bertz CT molecular complexity index is 445. The van der Waals surface area contributed by atoms with Crippen LogP contribution in [-0.2, 0) is 4.79 Å². The molecule has 0 radical (unpaired) electrons. The Kier molecular flexibility index (Phi) is 3.35. The molecular weight excluding hydrogens is 246 g/mol. The Morgan fingerprint density at radius 1 is 1.47 bits per heavy atom. The van der Waals surface area contributed by atoms with E-state index in [1.54, 1.807) is 17.4 Å². The third-order valence-corrected chi connectivity index (χ3v) is 3.71. The minimum absolute atomic E-state index is 0.110. The summed E-state index contributed by atoms with van der Waals surface area (Å²) in [6, 6.07) is 4.01. The topological polar surface area (TPSA) is 29.1 Å². The number of carbonyl (C=O) groups is 1. The number of nitrogens with one attached hydrogen (secondary N) is 1. The quantitative estimate of drug-likeness (QED) is 0.649. The van der Waals surface area contributed by atoms with E-state index >= 15 is 0 Å². The first kappa shape index (κ1) is 10.6. The van der Waals surface area contributed by atoms with E-state index < -0.39 is 0 Å². The molecule has 1 aliphatic heterocycles. The SMILES string of the molecule is O=C1NC(=S)S/C1=C/C=C/c1cccs1. The Labute approximate surface area is 101 Å². The zero-order valence-corrected chi connectivity index (χ0v) is 10.0. The highest BCUT2D eigenvalue weighted by Gasteiger charge is 2.20. The zero-order chi connectivity index (χ0) is 10.7. The van der Waals surface area contributed by atoms with Crippen LogP contribution in [0, 0.1) is 0 Å². The molecule has 5 heteroatoms. The number of rotatable bonds is 2. The van der Waals surface area contributed by atoms with Gasteiger partial charge in [-0.3, -0.25) is 4.79 Å². The van der Waals surface area contributed by atoms with Crippen LogP contribution in [0.3, 0.4) is 0 Å². The maximum absolute atomic E-state index is 11.3. The van der Waals surface area contributed by atoms with Crippen LogP contribution in [0.15, 0.2) is 34.6 Å². The molecule has 0 bridgehead atoms. The molecule has 0 aliphatic carbocycles. The van der Waals surface area contributed by atoms with E-state index in [1.807, 2.05) is 29.7 Å². The van der Waals surface area contributed by atoms with Crippen molar-refractivity contribution in [1.82, 2.24) is 5.32 Å². The smallest absolute Gasteiger partial charge is 0.263 e. The van der Waals surface area contributed by atoms with Crippen molar-refractivity contribution >= 4 is 51.6 Å². The Morgan fingerprint density at radius 2 is 2.33 bits per heavy atom. The molecule has 2 nitrogen and oxygen atoms in total. The normalized spacial score (nSPS) is 19.1. The highest BCUT2D eigenvalue weighted by atomic mass is 32.2. The molecule has 1 fully saturated rings. The molecule has 0 atom stereocenters. The van der Waals surface area contributed by atoms with Crippen molar-refractivity contribution in [3.05, 3.63) is 39.4 Å². The predicted molar refractivity (Wildman–Crippen MR) is 69.8 cm³/mol. The van der Waals surface area contributed by atoms with Gasteiger partial charge in [0, 0.05) is 4.88 Å². The van der Waals surface area contributed by atoms with Crippen LogP contribution >= 0.6 is 35.3 Å². The van der Waals surface area contributed by atoms with Gasteiger partial charge in [0.15, 0.2) is 0 Å². The van der Waals surface area contributed by atoms with Gasteiger partial charge < -0.3 is 5.32 Å². The Morgan fingerprint density at radius 3 is 2.93 bits per heavy atom. The summed E-state index contributed by atoms with van der Waals surface area (Å²) in [6.45, 7) is 0. The molecule has 1 aromatic rings. The molecule has 1 saturated heterocycles. The van der Waals surface area contributed by atoms with Crippen molar-refractivity contribution in [2.24, 2.45) is 0 Å². The van der Waals surface area contributed by atoms with Gasteiger partial charge in [0.05, 0.1) is 4.91 Å². The third kappa shape index (κ3) is 2.77.